The zero-order valence-electron chi connectivity index (χ0n) is 4.34. The fraction of sp³-hybridized carbons (Fsp3) is 0.167. The minimum Gasteiger partial charge on any atom is -0.269 e. The Hall–Kier alpha value is -0.560. The highest BCUT2D eigenvalue weighted by molar-refractivity contribution is 6.22. The van der Waals surface area contributed by atoms with Crippen molar-refractivity contribution in [3.05, 3.63) is 24.3 Å². The van der Waals surface area contributed by atoms with E-state index in [1.165, 1.54) is 0 Å². The maximum Gasteiger partial charge on any atom is 0.142 e. The molecule has 1 aliphatic rings. The van der Waals surface area contributed by atoms with Gasteiger partial charge in [0.15, 0.2) is 0 Å². The normalized spacial score (nSPS) is 26.6. The lowest BCUT2D eigenvalue weighted by Gasteiger charge is -2.00. The Morgan fingerprint density at radius 3 is 2.88 bits per heavy atom. The number of rotatable bonds is 0. The third-order valence-corrected chi connectivity index (χ3v) is 1.11. The minimum absolute atomic E-state index is 0.180. The number of dihydropyridines is 1. The molecule has 0 aromatic heterocycles. The van der Waals surface area contributed by atoms with Crippen molar-refractivity contribution in [2.45, 2.75) is 5.50 Å². The zero-order valence-corrected chi connectivity index (χ0v) is 5.10. The number of aliphatic imine (C=N–C) groups is 1. The largest absolute Gasteiger partial charge is 0.269 e. The van der Waals surface area contributed by atoms with Crippen molar-refractivity contribution in [2.75, 3.05) is 0 Å². The SMILES string of the molecule is C=C1C=CC(Cl)N=C1. The average Bonchev–Trinajstić information content (AvgIpc) is 1.77. The maximum atomic E-state index is 5.56. The molecule has 0 bridgehead atoms. The van der Waals surface area contributed by atoms with Gasteiger partial charge < -0.3 is 0 Å². The third kappa shape index (κ3) is 1.20. The molecule has 8 heavy (non-hydrogen) atoms. The van der Waals surface area contributed by atoms with Crippen LogP contribution in [0.5, 0.6) is 0 Å². The molecule has 1 unspecified atom stereocenters. The van der Waals surface area contributed by atoms with Crippen LogP contribution in [0.15, 0.2) is 29.3 Å². The summed E-state index contributed by atoms with van der Waals surface area (Å²) < 4.78 is 0. The monoisotopic (exact) mass is 127 g/mol. The molecule has 1 aliphatic heterocycles. The number of nitrogens with zero attached hydrogens (tertiary/aromatic N) is 1. The van der Waals surface area contributed by atoms with Gasteiger partial charge in [0.1, 0.15) is 5.50 Å². The van der Waals surface area contributed by atoms with Crippen LogP contribution < -0.4 is 0 Å². The fourth-order valence-electron chi connectivity index (χ4n) is 0.463. The van der Waals surface area contributed by atoms with Crippen LogP contribution in [0.4, 0.5) is 0 Å². The van der Waals surface area contributed by atoms with Gasteiger partial charge in [-0.1, -0.05) is 24.3 Å². The highest BCUT2D eigenvalue weighted by Crippen LogP contribution is 2.06. The third-order valence-electron chi connectivity index (χ3n) is 0.852. The molecule has 0 amide bonds. The Labute approximate surface area is 53.4 Å². The summed E-state index contributed by atoms with van der Waals surface area (Å²) in [5, 5.41) is 0. The van der Waals surface area contributed by atoms with Gasteiger partial charge in [-0.15, -0.1) is 0 Å². The van der Waals surface area contributed by atoms with E-state index in [4.69, 9.17) is 11.6 Å². The molecule has 0 aliphatic carbocycles. The number of allylic oxidation sites excluding steroid dienone is 2. The number of alkyl halides is 1. The van der Waals surface area contributed by atoms with Crippen LogP contribution in [0.1, 0.15) is 0 Å². The molecule has 0 spiro atoms. The average molecular weight is 128 g/mol. The topological polar surface area (TPSA) is 12.4 Å². The molecule has 2 heteroatoms. The summed E-state index contributed by atoms with van der Waals surface area (Å²) in [5.41, 5.74) is 0.724. The Morgan fingerprint density at radius 2 is 2.50 bits per heavy atom. The number of halogens is 1. The highest BCUT2D eigenvalue weighted by Gasteiger charge is 1.97. The van der Waals surface area contributed by atoms with Crippen LogP contribution >= 0.6 is 11.6 Å². The quantitative estimate of drug-likeness (QED) is 0.347. The molecular formula is C6H6ClN. The van der Waals surface area contributed by atoms with Gasteiger partial charge in [0, 0.05) is 6.21 Å². The van der Waals surface area contributed by atoms with Gasteiger partial charge in [0.05, 0.1) is 0 Å². The van der Waals surface area contributed by atoms with E-state index in [1.807, 2.05) is 6.08 Å². The molecule has 0 radical (unpaired) electrons. The van der Waals surface area contributed by atoms with E-state index in [1.54, 1.807) is 12.3 Å². The summed E-state index contributed by atoms with van der Waals surface area (Å²) in [7, 11) is 0. The Balaban J connectivity index is 2.68. The second kappa shape index (κ2) is 2.14. The van der Waals surface area contributed by atoms with Crippen molar-refractivity contribution in [3.8, 4) is 0 Å². The first-order valence-corrected chi connectivity index (χ1v) is 2.77. The van der Waals surface area contributed by atoms with Crippen LogP contribution in [0, 0.1) is 0 Å². The Kier molecular flexibility index (Phi) is 1.49. The minimum atomic E-state index is -0.180. The molecule has 0 aromatic carbocycles. The summed E-state index contributed by atoms with van der Waals surface area (Å²) in [6.07, 6.45) is 5.31. The molecule has 0 fully saturated rings. The van der Waals surface area contributed by atoms with E-state index >= 15 is 0 Å². The maximum absolute atomic E-state index is 5.56. The van der Waals surface area contributed by atoms with Crippen molar-refractivity contribution >= 4 is 17.8 Å². The van der Waals surface area contributed by atoms with Gasteiger partial charge >= 0.3 is 0 Å². The molecule has 0 saturated heterocycles. The molecule has 0 saturated carbocycles. The molecule has 0 N–H and O–H groups in total. The number of hydrogen-bond donors (Lipinski definition) is 0. The lowest BCUT2D eigenvalue weighted by atomic mass is 10.2. The van der Waals surface area contributed by atoms with Crippen molar-refractivity contribution in [2.24, 2.45) is 4.99 Å². The Morgan fingerprint density at radius 1 is 1.75 bits per heavy atom. The molecular weight excluding hydrogens is 122 g/mol. The molecule has 1 heterocycles. The predicted octanol–water partition coefficient (Wildman–Crippen LogP) is 1.75. The van der Waals surface area contributed by atoms with Gasteiger partial charge in [-0.3, -0.25) is 4.99 Å². The van der Waals surface area contributed by atoms with E-state index in [0.29, 0.717) is 0 Å². The summed E-state index contributed by atoms with van der Waals surface area (Å²) in [6, 6.07) is 0. The van der Waals surface area contributed by atoms with Crippen LogP contribution in [-0.4, -0.2) is 11.7 Å². The predicted molar refractivity (Wildman–Crippen MR) is 36.4 cm³/mol. The van der Waals surface area contributed by atoms with Crippen molar-refractivity contribution in [1.82, 2.24) is 0 Å². The van der Waals surface area contributed by atoms with Crippen LogP contribution in [0.25, 0.3) is 0 Å². The Bertz CT molecular complexity index is 142. The lowest BCUT2D eigenvalue weighted by Crippen LogP contribution is -1.94. The van der Waals surface area contributed by atoms with E-state index in [0.717, 1.165) is 5.57 Å². The number of hydrogen-bond acceptors (Lipinski definition) is 1. The fourth-order valence-corrected chi connectivity index (χ4v) is 0.592. The van der Waals surface area contributed by atoms with E-state index in [9.17, 15) is 0 Å². The van der Waals surface area contributed by atoms with Crippen LogP contribution in [0.3, 0.4) is 0 Å². The zero-order chi connectivity index (χ0) is 5.98. The lowest BCUT2D eigenvalue weighted by molar-refractivity contribution is 1.14. The smallest absolute Gasteiger partial charge is 0.142 e. The van der Waals surface area contributed by atoms with E-state index in [2.05, 4.69) is 11.6 Å². The van der Waals surface area contributed by atoms with Gasteiger partial charge in [-0.2, -0.15) is 0 Å². The van der Waals surface area contributed by atoms with Gasteiger partial charge in [0.25, 0.3) is 0 Å². The van der Waals surface area contributed by atoms with Crippen molar-refractivity contribution in [1.29, 1.82) is 0 Å². The van der Waals surface area contributed by atoms with Gasteiger partial charge in [-0.25, -0.2) is 0 Å². The summed E-state index contributed by atoms with van der Waals surface area (Å²) in [4.78, 5) is 3.86. The highest BCUT2D eigenvalue weighted by atomic mass is 35.5. The van der Waals surface area contributed by atoms with Crippen LogP contribution in [0.2, 0.25) is 0 Å². The summed E-state index contributed by atoms with van der Waals surface area (Å²) >= 11 is 5.56. The summed E-state index contributed by atoms with van der Waals surface area (Å²) in [6.45, 7) is 3.65. The molecule has 0 aromatic rings. The molecule has 1 rings (SSSR count). The second-order valence-electron chi connectivity index (χ2n) is 1.58. The second-order valence-corrected chi connectivity index (χ2v) is 2.03. The molecule has 1 nitrogen and oxygen atoms in total. The van der Waals surface area contributed by atoms with Gasteiger partial charge in [0.2, 0.25) is 0 Å². The first kappa shape index (κ1) is 5.57. The van der Waals surface area contributed by atoms with Crippen LogP contribution in [-0.2, 0) is 0 Å². The molecule has 1 atom stereocenters. The van der Waals surface area contributed by atoms with Crippen molar-refractivity contribution < 1.29 is 0 Å². The van der Waals surface area contributed by atoms with Crippen molar-refractivity contribution in [3.63, 3.8) is 0 Å². The molecule has 42 valence electrons. The standard InChI is InChI=1S/C6H6ClN/c1-5-2-3-6(7)8-4-5/h2-4,6H,1H2. The first-order valence-electron chi connectivity index (χ1n) is 2.33. The van der Waals surface area contributed by atoms with Gasteiger partial charge in [-0.05, 0) is 11.6 Å². The first-order chi connectivity index (χ1) is 3.79. The van der Waals surface area contributed by atoms with E-state index < -0.39 is 0 Å². The van der Waals surface area contributed by atoms with E-state index in [-0.39, 0.29) is 5.50 Å². The summed E-state index contributed by atoms with van der Waals surface area (Å²) in [5.74, 6) is 0.